The first-order valence-electron chi connectivity index (χ1n) is 4.24. The molecule has 0 N–H and O–H groups in total. The van der Waals surface area contributed by atoms with E-state index in [2.05, 4.69) is 19.0 Å². The minimum absolute atomic E-state index is 0.232. The Labute approximate surface area is 78.4 Å². The zero-order chi connectivity index (χ0) is 10.1. The van der Waals surface area contributed by atoms with Gasteiger partial charge in [0.15, 0.2) is 0 Å². The molecular weight excluding hydrogens is 166 g/mol. The van der Waals surface area contributed by atoms with Crippen LogP contribution in [0, 0.1) is 28.6 Å². The summed E-state index contributed by atoms with van der Waals surface area (Å²) < 4.78 is 0. The third-order valence-corrected chi connectivity index (χ3v) is 1.77. The van der Waals surface area contributed by atoms with E-state index in [-0.39, 0.29) is 5.71 Å². The summed E-state index contributed by atoms with van der Waals surface area (Å²) >= 11 is 0. The van der Waals surface area contributed by atoms with Gasteiger partial charge in [-0.25, -0.2) is 0 Å². The summed E-state index contributed by atoms with van der Waals surface area (Å²) in [6, 6.07) is 3.24. The molecule has 0 amide bonds. The fourth-order valence-corrected chi connectivity index (χ4v) is 0.634. The van der Waals surface area contributed by atoms with E-state index in [1.807, 2.05) is 0 Å². The maximum atomic E-state index is 8.30. The van der Waals surface area contributed by atoms with Crippen LogP contribution >= 0.6 is 0 Å². The number of hydrogen-bond acceptors (Lipinski definition) is 4. The Balaban J connectivity index is 3.63. The maximum absolute atomic E-state index is 8.30. The van der Waals surface area contributed by atoms with Crippen molar-refractivity contribution >= 4 is 5.71 Å². The molecule has 0 aromatic rings. The fourth-order valence-electron chi connectivity index (χ4n) is 0.634. The first-order valence-corrected chi connectivity index (χ1v) is 4.24. The molecule has 0 radical (unpaired) electrons. The van der Waals surface area contributed by atoms with Crippen LogP contribution in [-0.4, -0.2) is 12.3 Å². The molecule has 0 heterocycles. The summed E-state index contributed by atoms with van der Waals surface area (Å²) in [5.41, 5.74) is -0.232. The molecule has 0 saturated carbocycles. The zero-order valence-corrected chi connectivity index (χ0v) is 7.95. The second-order valence-electron chi connectivity index (χ2n) is 2.80. The van der Waals surface area contributed by atoms with Gasteiger partial charge in [-0.05, 0) is 12.3 Å². The second kappa shape index (κ2) is 7.12. The molecule has 70 valence electrons. The van der Waals surface area contributed by atoms with Gasteiger partial charge in [-0.2, -0.15) is 10.5 Å². The molecule has 0 bridgehead atoms. The van der Waals surface area contributed by atoms with Crippen molar-refractivity contribution in [2.24, 2.45) is 11.1 Å². The van der Waals surface area contributed by atoms with Crippen molar-refractivity contribution in [1.29, 1.82) is 10.5 Å². The third-order valence-electron chi connectivity index (χ3n) is 1.77. The lowest BCUT2D eigenvalue weighted by Gasteiger charge is -2.05. The van der Waals surface area contributed by atoms with Crippen molar-refractivity contribution in [3.63, 3.8) is 0 Å². The monoisotopic (exact) mass is 179 g/mol. The van der Waals surface area contributed by atoms with Crippen LogP contribution in [0.15, 0.2) is 5.16 Å². The van der Waals surface area contributed by atoms with Gasteiger partial charge in [-0.15, -0.1) is 0 Å². The van der Waals surface area contributed by atoms with Crippen LogP contribution in [0.4, 0.5) is 0 Å². The molecular formula is C9H13N3O. The highest BCUT2D eigenvalue weighted by molar-refractivity contribution is 6.09. The van der Waals surface area contributed by atoms with Crippen molar-refractivity contribution in [1.82, 2.24) is 0 Å². The average molecular weight is 179 g/mol. The molecule has 0 rings (SSSR count). The minimum atomic E-state index is -0.232. The van der Waals surface area contributed by atoms with Crippen LogP contribution in [-0.2, 0) is 4.84 Å². The SMILES string of the molecule is CCC(C)CCON=C(C#N)C#N. The highest BCUT2D eigenvalue weighted by atomic mass is 16.6. The van der Waals surface area contributed by atoms with Gasteiger partial charge in [0, 0.05) is 0 Å². The molecule has 0 aromatic carbocycles. The molecule has 0 aliphatic carbocycles. The van der Waals surface area contributed by atoms with Gasteiger partial charge in [-0.1, -0.05) is 25.4 Å². The van der Waals surface area contributed by atoms with Crippen LogP contribution in [0.5, 0.6) is 0 Å². The lowest BCUT2D eigenvalue weighted by molar-refractivity contribution is 0.131. The summed E-state index contributed by atoms with van der Waals surface area (Å²) in [6.45, 7) is 4.67. The molecule has 0 spiro atoms. The Morgan fingerprint density at radius 1 is 1.46 bits per heavy atom. The predicted molar refractivity (Wildman–Crippen MR) is 48.7 cm³/mol. The van der Waals surface area contributed by atoms with Gasteiger partial charge in [0.1, 0.15) is 18.7 Å². The van der Waals surface area contributed by atoms with E-state index in [9.17, 15) is 0 Å². The van der Waals surface area contributed by atoms with Crippen molar-refractivity contribution in [3.05, 3.63) is 0 Å². The van der Waals surface area contributed by atoms with Gasteiger partial charge < -0.3 is 4.84 Å². The lowest BCUT2D eigenvalue weighted by Crippen LogP contribution is -1.99. The largest absolute Gasteiger partial charge is 0.394 e. The molecule has 0 saturated heterocycles. The number of oxime groups is 1. The number of nitrogens with zero attached hydrogens (tertiary/aromatic N) is 3. The Morgan fingerprint density at radius 3 is 2.54 bits per heavy atom. The molecule has 1 unspecified atom stereocenters. The highest BCUT2D eigenvalue weighted by Gasteiger charge is 1.98. The van der Waals surface area contributed by atoms with Gasteiger partial charge in [0.2, 0.25) is 0 Å². The number of nitriles is 2. The summed E-state index contributed by atoms with van der Waals surface area (Å²) in [6.07, 6.45) is 1.99. The molecule has 0 aliphatic heterocycles. The van der Waals surface area contributed by atoms with E-state index >= 15 is 0 Å². The molecule has 1 atom stereocenters. The van der Waals surface area contributed by atoms with E-state index in [4.69, 9.17) is 15.4 Å². The molecule has 0 fully saturated rings. The molecule has 4 nitrogen and oxygen atoms in total. The normalized spacial score (nSPS) is 10.8. The van der Waals surface area contributed by atoms with E-state index < -0.39 is 0 Å². The first kappa shape index (κ1) is 11.4. The van der Waals surface area contributed by atoms with Crippen molar-refractivity contribution in [3.8, 4) is 12.1 Å². The second-order valence-corrected chi connectivity index (χ2v) is 2.80. The van der Waals surface area contributed by atoms with Crippen molar-refractivity contribution < 1.29 is 4.84 Å². The predicted octanol–water partition coefficient (Wildman–Crippen LogP) is 1.84. The number of rotatable bonds is 5. The van der Waals surface area contributed by atoms with Crippen LogP contribution in [0.25, 0.3) is 0 Å². The van der Waals surface area contributed by atoms with Crippen LogP contribution in [0.3, 0.4) is 0 Å². The molecule has 4 heteroatoms. The standard InChI is InChI=1S/C9H13N3O/c1-3-8(2)4-5-13-12-9(6-10)7-11/h8H,3-5H2,1-2H3. The molecule has 0 aliphatic rings. The Kier molecular flexibility index (Phi) is 6.27. The molecule has 13 heavy (non-hydrogen) atoms. The topological polar surface area (TPSA) is 69.2 Å². The van der Waals surface area contributed by atoms with Gasteiger partial charge in [0.05, 0.1) is 0 Å². The minimum Gasteiger partial charge on any atom is -0.394 e. The quantitative estimate of drug-likeness (QED) is 0.367. The number of hydrogen-bond donors (Lipinski definition) is 0. The summed E-state index contributed by atoms with van der Waals surface area (Å²) in [4.78, 5) is 4.79. The van der Waals surface area contributed by atoms with E-state index in [1.54, 1.807) is 12.1 Å². The highest BCUT2D eigenvalue weighted by Crippen LogP contribution is 2.05. The Bertz CT molecular complexity index is 231. The first-order chi connectivity index (χ1) is 6.24. The van der Waals surface area contributed by atoms with Gasteiger partial charge >= 0.3 is 0 Å². The summed E-state index contributed by atoms with van der Waals surface area (Å²) in [5.74, 6) is 0.586. The van der Waals surface area contributed by atoms with Crippen LogP contribution in [0.1, 0.15) is 26.7 Å². The van der Waals surface area contributed by atoms with Gasteiger partial charge in [-0.3, -0.25) is 0 Å². The van der Waals surface area contributed by atoms with E-state index in [1.165, 1.54) is 0 Å². The van der Waals surface area contributed by atoms with Crippen molar-refractivity contribution in [2.45, 2.75) is 26.7 Å². The van der Waals surface area contributed by atoms with Gasteiger partial charge in [0.25, 0.3) is 5.71 Å². The zero-order valence-electron chi connectivity index (χ0n) is 7.95. The van der Waals surface area contributed by atoms with E-state index in [0.29, 0.717) is 12.5 Å². The van der Waals surface area contributed by atoms with Crippen LogP contribution in [0.2, 0.25) is 0 Å². The maximum Gasteiger partial charge on any atom is 0.256 e. The lowest BCUT2D eigenvalue weighted by atomic mass is 10.1. The fraction of sp³-hybridized carbons (Fsp3) is 0.667. The average Bonchev–Trinajstić information content (AvgIpc) is 2.18. The Hall–Kier alpha value is -1.55. The third kappa shape index (κ3) is 5.69. The Morgan fingerprint density at radius 2 is 2.08 bits per heavy atom. The van der Waals surface area contributed by atoms with E-state index in [0.717, 1.165) is 12.8 Å². The van der Waals surface area contributed by atoms with Crippen LogP contribution < -0.4 is 0 Å². The summed E-state index contributed by atoms with van der Waals surface area (Å²) in [7, 11) is 0. The molecule has 0 aromatic heterocycles. The smallest absolute Gasteiger partial charge is 0.256 e. The van der Waals surface area contributed by atoms with Crippen molar-refractivity contribution in [2.75, 3.05) is 6.61 Å². The summed E-state index contributed by atoms with van der Waals surface area (Å²) in [5, 5.41) is 20.0.